The van der Waals surface area contributed by atoms with Crippen molar-refractivity contribution in [2.45, 2.75) is 18.2 Å². The molecule has 8 heteroatoms. The first-order chi connectivity index (χ1) is 9.34. The van der Waals surface area contributed by atoms with Crippen LogP contribution in [0.2, 0.25) is 5.02 Å². The molecule has 0 aliphatic carbocycles. The highest BCUT2D eigenvalue weighted by atomic mass is 35.5. The third-order valence-corrected chi connectivity index (χ3v) is 4.65. The summed E-state index contributed by atoms with van der Waals surface area (Å²) in [5, 5.41) is 10.7. The Morgan fingerprint density at radius 1 is 1.50 bits per heavy atom. The second kappa shape index (κ2) is 6.70. The van der Waals surface area contributed by atoms with Crippen LogP contribution in [0.3, 0.4) is 0 Å². The van der Waals surface area contributed by atoms with Gasteiger partial charge in [-0.15, -0.1) is 6.42 Å². The first-order valence-electron chi connectivity index (χ1n) is 5.72. The molecule has 0 bridgehead atoms. The number of rotatable bonds is 6. The number of hydrogen-bond donors (Lipinski definition) is 0. The summed E-state index contributed by atoms with van der Waals surface area (Å²) in [5.74, 6) is 2.26. The van der Waals surface area contributed by atoms with Crippen LogP contribution in [-0.4, -0.2) is 30.7 Å². The lowest BCUT2D eigenvalue weighted by molar-refractivity contribution is -0.384. The minimum absolute atomic E-state index is 0.0907. The van der Waals surface area contributed by atoms with Crippen molar-refractivity contribution in [2.24, 2.45) is 0 Å². The van der Waals surface area contributed by atoms with Gasteiger partial charge in [0.05, 0.1) is 16.4 Å². The first-order valence-corrected chi connectivity index (χ1v) is 7.54. The van der Waals surface area contributed by atoms with E-state index in [-0.39, 0.29) is 23.0 Å². The summed E-state index contributed by atoms with van der Waals surface area (Å²) in [6.07, 6.45) is 5.73. The van der Waals surface area contributed by atoms with Crippen LogP contribution < -0.4 is 0 Å². The van der Waals surface area contributed by atoms with Crippen LogP contribution in [0.5, 0.6) is 0 Å². The van der Waals surface area contributed by atoms with Gasteiger partial charge < -0.3 is 0 Å². The van der Waals surface area contributed by atoms with Gasteiger partial charge in [0.25, 0.3) is 5.69 Å². The molecule has 0 unspecified atom stereocenters. The van der Waals surface area contributed by atoms with E-state index in [1.165, 1.54) is 12.1 Å². The highest BCUT2D eigenvalue weighted by molar-refractivity contribution is 7.89. The molecule has 1 aromatic rings. The van der Waals surface area contributed by atoms with E-state index in [9.17, 15) is 18.5 Å². The zero-order chi connectivity index (χ0) is 15.3. The zero-order valence-electron chi connectivity index (χ0n) is 10.7. The Hall–Kier alpha value is -1.62. The average Bonchev–Trinajstić information content (AvgIpc) is 2.38. The molecule has 6 nitrogen and oxygen atoms in total. The molecule has 0 N–H and O–H groups in total. The molecule has 1 aromatic carbocycles. The molecule has 0 radical (unpaired) electrons. The average molecular weight is 317 g/mol. The van der Waals surface area contributed by atoms with Gasteiger partial charge in [-0.25, -0.2) is 8.42 Å². The molecule has 0 fully saturated rings. The van der Waals surface area contributed by atoms with Crippen molar-refractivity contribution in [3.05, 3.63) is 33.3 Å². The maximum absolute atomic E-state index is 12.4. The number of sulfonamides is 1. The van der Waals surface area contributed by atoms with E-state index in [1.807, 2.05) is 6.92 Å². The van der Waals surface area contributed by atoms with Crippen molar-refractivity contribution in [2.75, 3.05) is 13.1 Å². The van der Waals surface area contributed by atoms with Gasteiger partial charge in [0.1, 0.15) is 5.02 Å². The minimum atomic E-state index is -3.87. The molecule has 0 amide bonds. The van der Waals surface area contributed by atoms with Crippen LogP contribution in [0.25, 0.3) is 0 Å². The zero-order valence-corrected chi connectivity index (χ0v) is 12.3. The lowest BCUT2D eigenvalue weighted by Gasteiger charge is -2.19. The van der Waals surface area contributed by atoms with Crippen LogP contribution in [0, 0.1) is 22.5 Å². The SMILES string of the molecule is C#CCN(CCC)S(=O)(=O)c1ccc(Cl)c([N+](=O)[O-])c1. The Bertz CT molecular complexity index is 652. The fraction of sp³-hybridized carbons (Fsp3) is 0.333. The molecule has 0 saturated carbocycles. The number of terminal acetylenes is 1. The Labute approximate surface area is 122 Å². The van der Waals surface area contributed by atoms with E-state index in [0.29, 0.717) is 6.42 Å². The summed E-state index contributed by atoms with van der Waals surface area (Å²) in [7, 11) is -3.87. The summed E-state index contributed by atoms with van der Waals surface area (Å²) >= 11 is 5.66. The maximum atomic E-state index is 12.4. The number of benzene rings is 1. The Balaban J connectivity index is 3.31. The van der Waals surface area contributed by atoms with Gasteiger partial charge >= 0.3 is 0 Å². The van der Waals surface area contributed by atoms with Crippen LogP contribution in [0.15, 0.2) is 23.1 Å². The summed E-state index contributed by atoms with van der Waals surface area (Å²) in [5.41, 5.74) is -0.454. The predicted molar refractivity (Wildman–Crippen MR) is 76.0 cm³/mol. The Morgan fingerprint density at radius 2 is 2.15 bits per heavy atom. The summed E-state index contributed by atoms with van der Waals surface area (Å²) in [4.78, 5) is 9.88. The van der Waals surface area contributed by atoms with Crippen LogP contribution in [0.1, 0.15) is 13.3 Å². The standard InChI is InChI=1S/C12H13ClN2O4S/c1-3-7-14(8-4-2)20(18,19)10-5-6-11(13)12(9-10)15(16)17/h1,5-6,9H,4,7-8H2,2H3. The van der Waals surface area contributed by atoms with Crippen molar-refractivity contribution < 1.29 is 13.3 Å². The molecule has 0 saturated heterocycles. The maximum Gasteiger partial charge on any atom is 0.289 e. The Kier molecular flexibility index (Phi) is 5.51. The second-order valence-corrected chi connectivity index (χ2v) is 6.26. The lowest BCUT2D eigenvalue weighted by Crippen LogP contribution is -2.32. The highest BCUT2D eigenvalue weighted by Crippen LogP contribution is 2.28. The van der Waals surface area contributed by atoms with Crippen LogP contribution >= 0.6 is 11.6 Å². The number of nitro groups is 1. The van der Waals surface area contributed by atoms with E-state index in [1.54, 1.807) is 0 Å². The summed E-state index contributed by atoms with van der Waals surface area (Å²) in [6, 6.07) is 3.35. The van der Waals surface area contributed by atoms with E-state index in [2.05, 4.69) is 5.92 Å². The normalized spacial score (nSPS) is 11.3. The smallest absolute Gasteiger partial charge is 0.258 e. The van der Waals surface area contributed by atoms with Crippen LogP contribution in [-0.2, 0) is 10.0 Å². The van der Waals surface area contributed by atoms with Crippen LogP contribution in [0.4, 0.5) is 5.69 Å². The highest BCUT2D eigenvalue weighted by Gasteiger charge is 2.26. The monoisotopic (exact) mass is 316 g/mol. The molecule has 108 valence electrons. The van der Waals surface area contributed by atoms with Gasteiger partial charge in [-0.2, -0.15) is 4.31 Å². The fourth-order valence-corrected chi connectivity index (χ4v) is 3.23. The quantitative estimate of drug-likeness (QED) is 0.458. The molecule has 0 spiro atoms. The van der Waals surface area contributed by atoms with E-state index in [0.717, 1.165) is 10.4 Å². The fourth-order valence-electron chi connectivity index (χ4n) is 1.58. The molecule has 0 atom stereocenters. The minimum Gasteiger partial charge on any atom is -0.258 e. The molecular weight excluding hydrogens is 304 g/mol. The molecule has 0 aromatic heterocycles. The molecule has 0 aliphatic rings. The summed E-state index contributed by atoms with van der Waals surface area (Å²) < 4.78 is 25.8. The van der Waals surface area contributed by atoms with Gasteiger partial charge in [-0.1, -0.05) is 24.4 Å². The van der Waals surface area contributed by atoms with Gasteiger partial charge in [-0.05, 0) is 18.6 Å². The van der Waals surface area contributed by atoms with Crippen molar-refractivity contribution in [3.63, 3.8) is 0 Å². The van der Waals surface area contributed by atoms with E-state index in [4.69, 9.17) is 18.0 Å². The molecule has 1 rings (SSSR count). The van der Waals surface area contributed by atoms with Gasteiger partial charge in [0.2, 0.25) is 10.0 Å². The molecular formula is C12H13ClN2O4S. The lowest BCUT2D eigenvalue weighted by atomic mass is 10.3. The van der Waals surface area contributed by atoms with Crippen molar-refractivity contribution in [1.29, 1.82) is 0 Å². The molecule has 0 heterocycles. The van der Waals surface area contributed by atoms with Crippen molar-refractivity contribution in [3.8, 4) is 12.3 Å². The van der Waals surface area contributed by atoms with Crippen molar-refractivity contribution >= 4 is 27.3 Å². The summed E-state index contributed by atoms with van der Waals surface area (Å²) in [6.45, 7) is 1.96. The van der Waals surface area contributed by atoms with Gasteiger partial charge in [0.15, 0.2) is 0 Å². The van der Waals surface area contributed by atoms with Gasteiger partial charge in [0, 0.05) is 12.6 Å². The van der Waals surface area contributed by atoms with Crippen molar-refractivity contribution in [1.82, 2.24) is 4.31 Å². The third-order valence-electron chi connectivity index (χ3n) is 2.49. The number of nitrogens with zero attached hydrogens (tertiary/aromatic N) is 2. The van der Waals surface area contributed by atoms with E-state index >= 15 is 0 Å². The first kappa shape index (κ1) is 16.4. The molecule has 20 heavy (non-hydrogen) atoms. The predicted octanol–water partition coefficient (Wildman–Crippen LogP) is 2.28. The Morgan fingerprint density at radius 3 is 2.65 bits per heavy atom. The molecule has 0 aliphatic heterocycles. The topological polar surface area (TPSA) is 80.5 Å². The third kappa shape index (κ3) is 3.48. The number of hydrogen-bond acceptors (Lipinski definition) is 4. The second-order valence-electron chi connectivity index (χ2n) is 3.91. The number of nitro benzene ring substituents is 1. The largest absolute Gasteiger partial charge is 0.289 e. The van der Waals surface area contributed by atoms with Gasteiger partial charge in [-0.3, -0.25) is 10.1 Å². The van der Waals surface area contributed by atoms with E-state index < -0.39 is 20.6 Å². The number of halogens is 1.